The maximum Gasteiger partial charge on any atom is 0.220 e. The molecule has 0 aliphatic heterocycles. The highest BCUT2D eigenvalue weighted by Gasteiger charge is 2.08. The van der Waals surface area contributed by atoms with E-state index in [9.17, 15) is 4.39 Å². The Hall–Kier alpha value is -2.69. The lowest BCUT2D eigenvalue weighted by Crippen LogP contribution is -1.95. The number of hydrogen-bond donors (Lipinski definition) is 2. The lowest BCUT2D eigenvalue weighted by Gasteiger charge is -2.04. The molecule has 0 fully saturated rings. The second-order valence-electron chi connectivity index (χ2n) is 4.55. The first-order valence-electron chi connectivity index (χ1n) is 6.18. The molecule has 100 valence electrons. The summed E-state index contributed by atoms with van der Waals surface area (Å²) in [6, 6.07) is 10.4. The summed E-state index contributed by atoms with van der Waals surface area (Å²) < 4.78 is 13.1. The fourth-order valence-electron chi connectivity index (χ4n) is 2.15. The molecule has 3 N–H and O–H groups in total. The average Bonchev–Trinajstić information content (AvgIpc) is 2.88. The number of aromatic nitrogens is 3. The van der Waals surface area contributed by atoms with Crippen LogP contribution >= 0.6 is 0 Å². The second kappa shape index (κ2) is 4.77. The molecule has 0 saturated heterocycles. The second-order valence-corrected chi connectivity index (χ2v) is 4.55. The Morgan fingerprint density at radius 1 is 1.10 bits per heavy atom. The predicted molar refractivity (Wildman–Crippen MR) is 76.4 cm³/mol. The van der Waals surface area contributed by atoms with Crippen molar-refractivity contribution in [3.8, 4) is 22.6 Å². The Labute approximate surface area is 115 Å². The summed E-state index contributed by atoms with van der Waals surface area (Å²) >= 11 is 0. The Balaban J connectivity index is 2.02. The van der Waals surface area contributed by atoms with Crippen LogP contribution in [-0.2, 0) is 0 Å². The lowest BCUT2D eigenvalue weighted by atomic mass is 10.1. The number of nitrogen functional groups attached to an aromatic ring is 1. The van der Waals surface area contributed by atoms with Gasteiger partial charge in [0.15, 0.2) is 0 Å². The fourth-order valence-corrected chi connectivity index (χ4v) is 2.15. The highest BCUT2D eigenvalue weighted by atomic mass is 19.1. The van der Waals surface area contributed by atoms with Crippen LogP contribution in [0.15, 0.2) is 42.6 Å². The van der Waals surface area contributed by atoms with Crippen LogP contribution < -0.4 is 5.73 Å². The van der Waals surface area contributed by atoms with E-state index in [0.29, 0.717) is 0 Å². The highest BCUT2D eigenvalue weighted by molar-refractivity contribution is 5.69. The zero-order valence-corrected chi connectivity index (χ0v) is 10.9. The topological polar surface area (TPSA) is 67.6 Å². The van der Waals surface area contributed by atoms with Crippen LogP contribution in [0.25, 0.3) is 22.6 Å². The highest BCUT2D eigenvalue weighted by Crippen LogP contribution is 2.26. The first kappa shape index (κ1) is 12.3. The van der Waals surface area contributed by atoms with Gasteiger partial charge in [0.2, 0.25) is 5.95 Å². The normalized spacial score (nSPS) is 10.7. The van der Waals surface area contributed by atoms with Crippen molar-refractivity contribution in [2.75, 3.05) is 5.73 Å². The van der Waals surface area contributed by atoms with E-state index in [4.69, 9.17) is 5.73 Å². The first-order valence-corrected chi connectivity index (χ1v) is 6.18. The van der Waals surface area contributed by atoms with E-state index in [1.165, 1.54) is 12.1 Å². The van der Waals surface area contributed by atoms with E-state index < -0.39 is 0 Å². The van der Waals surface area contributed by atoms with Crippen molar-refractivity contribution in [2.24, 2.45) is 0 Å². The van der Waals surface area contributed by atoms with Crippen LogP contribution in [0.4, 0.5) is 10.3 Å². The van der Waals surface area contributed by atoms with Crippen LogP contribution in [0.1, 0.15) is 5.56 Å². The monoisotopic (exact) mass is 268 g/mol. The molecule has 0 spiro atoms. The molecule has 0 atom stereocenters. The van der Waals surface area contributed by atoms with Gasteiger partial charge in [0.25, 0.3) is 0 Å². The van der Waals surface area contributed by atoms with Crippen molar-refractivity contribution in [3.05, 3.63) is 54.0 Å². The van der Waals surface area contributed by atoms with Gasteiger partial charge < -0.3 is 10.7 Å². The summed E-state index contributed by atoms with van der Waals surface area (Å²) in [5.74, 6) is -0.00165. The van der Waals surface area contributed by atoms with Gasteiger partial charge in [-0.1, -0.05) is 0 Å². The third-order valence-electron chi connectivity index (χ3n) is 3.11. The summed E-state index contributed by atoms with van der Waals surface area (Å²) in [5, 5.41) is 0. The maximum absolute atomic E-state index is 13.1. The summed E-state index contributed by atoms with van der Waals surface area (Å²) in [7, 11) is 0. The third-order valence-corrected chi connectivity index (χ3v) is 3.11. The summed E-state index contributed by atoms with van der Waals surface area (Å²) in [5.41, 5.74) is 9.89. The van der Waals surface area contributed by atoms with Crippen LogP contribution in [0.5, 0.6) is 0 Å². The molecular formula is C15H13FN4. The number of aryl methyl sites for hydroxylation is 1. The zero-order chi connectivity index (χ0) is 14.1. The third kappa shape index (κ3) is 2.25. The Morgan fingerprint density at radius 3 is 2.65 bits per heavy atom. The summed E-state index contributed by atoms with van der Waals surface area (Å²) in [6.07, 6.45) is 1.61. The Bertz CT molecular complexity index is 764. The number of benzene rings is 1. The molecule has 3 rings (SSSR count). The molecule has 2 aromatic heterocycles. The summed E-state index contributed by atoms with van der Waals surface area (Å²) in [4.78, 5) is 11.3. The first-order chi connectivity index (χ1) is 9.63. The SMILES string of the molecule is Cc1cc(F)ccc1-c1ccc(-c2ccnc(N)n2)[nH]1. The maximum atomic E-state index is 13.1. The molecule has 4 nitrogen and oxygen atoms in total. The van der Waals surface area contributed by atoms with E-state index >= 15 is 0 Å². The molecule has 0 aliphatic rings. The molecule has 0 amide bonds. The number of nitrogens with two attached hydrogens (primary N) is 1. The van der Waals surface area contributed by atoms with Crippen molar-refractivity contribution in [1.82, 2.24) is 15.0 Å². The minimum Gasteiger partial charge on any atom is -0.368 e. The van der Waals surface area contributed by atoms with Gasteiger partial charge in [-0.15, -0.1) is 0 Å². The molecule has 5 heteroatoms. The van der Waals surface area contributed by atoms with Crippen LogP contribution in [0.2, 0.25) is 0 Å². The minimum atomic E-state index is -0.235. The molecule has 2 heterocycles. The van der Waals surface area contributed by atoms with E-state index in [1.807, 2.05) is 19.1 Å². The quantitative estimate of drug-likeness (QED) is 0.750. The summed E-state index contributed by atoms with van der Waals surface area (Å²) in [6.45, 7) is 1.88. The number of anilines is 1. The Kier molecular flexibility index (Phi) is 2.95. The van der Waals surface area contributed by atoms with E-state index in [-0.39, 0.29) is 11.8 Å². The standard InChI is InChI=1S/C15H13FN4/c1-9-8-10(16)2-3-11(9)12-4-5-13(19-12)14-6-7-18-15(17)20-14/h2-8,19H,1H3,(H2,17,18,20). The molecule has 0 saturated carbocycles. The van der Waals surface area contributed by atoms with Gasteiger partial charge in [-0.05, 0) is 48.9 Å². The molecule has 0 radical (unpaired) electrons. The lowest BCUT2D eigenvalue weighted by molar-refractivity contribution is 0.627. The van der Waals surface area contributed by atoms with Gasteiger partial charge in [-0.2, -0.15) is 0 Å². The number of hydrogen-bond acceptors (Lipinski definition) is 3. The van der Waals surface area contributed by atoms with E-state index in [1.54, 1.807) is 18.3 Å². The number of aromatic amines is 1. The number of nitrogens with zero attached hydrogens (tertiary/aromatic N) is 2. The van der Waals surface area contributed by atoms with Gasteiger partial charge in [0.1, 0.15) is 5.82 Å². The fraction of sp³-hybridized carbons (Fsp3) is 0.0667. The molecule has 0 bridgehead atoms. The number of rotatable bonds is 2. The van der Waals surface area contributed by atoms with Gasteiger partial charge in [0.05, 0.1) is 11.4 Å². The van der Waals surface area contributed by atoms with Crippen molar-refractivity contribution in [3.63, 3.8) is 0 Å². The van der Waals surface area contributed by atoms with Crippen molar-refractivity contribution >= 4 is 5.95 Å². The molecule has 0 aliphatic carbocycles. The molecular weight excluding hydrogens is 255 g/mol. The van der Waals surface area contributed by atoms with Crippen molar-refractivity contribution in [1.29, 1.82) is 0 Å². The van der Waals surface area contributed by atoms with Crippen molar-refractivity contribution < 1.29 is 4.39 Å². The predicted octanol–water partition coefficient (Wildman–Crippen LogP) is 3.17. The molecule has 1 aromatic carbocycles. The van der Waals surface area contributed by atoms with Gasteiger partial charge in [0, 0.05) is 17.5 Å². The number of nitrogens with one attached hydrogen (secondary N) is 1. The molecule has 20 heavy (non-hydrogen) atoms. The van der Waals surface area contributed by atoms with E-state index in [0.717, 1.165) is 28.2 Å². The Morgan fingerprint density at radius 2 is 1.90 bits per heavy atom. The van der Waals surface area contributed by atoms with Crippen LogP contribution in [-0.4, -0.2) is 15.0 Å². The zero-order valence-electron chi connectivity index (χ0n) is 10.9. The number of halogens is 1. The molecule has 0 unspecified atom stereocenters. The van der Waals surface area contributed by atoms with Gasteiger partial charge in [-0.3, -0.25) is 0 Å². The van der Waals surface area contributed by atoms with Crippen LogP contribution in [0, 0.1) is 12.7 Å². The average molecular weight is 268 g/mol. The molecule has 3 aromatic rings. The largest absolute Gasteiger partial charge is 0.368 e. The smallest absolute Gasteiger partial charge is 0.220 e. The van der Waals surface area contributed by atoms with Crippen LogP contribution in [0.3, 0.4) is 0 Å². The van der Waals surface area contributed by atoms with Crippen molar-refractivity contribution in [2.45, 2.75) is 6.92 Å². The van der Waals surface area contributed by atoms with Gasteiger partial charge >= 0.3 is 0 Å². The van der Waals surface area contributed by atoms with E-state index in [2.05, 4.69) is 15.0 Å². The van der Waals surface area contributed by atoms with Gasteiger partial charge in [-0.25, -0.2) is 14.4 Å². The minimum absolute atomic E-state index is 0.233. The number of H-pyrrole nitrogens is 1.